The molecule has 3 aromatic carbocycles. The Bertz CT molecular complexity index is 1270. The molecule has 0 radical (unpaired) electrons. The number of halogens is 1. The van der Waals surface area contributed by atoms with E-state index in [1.165, 1.54) is 0 Å². The van der Waals surface area contributed by atoms with Crippen molar-refractivity contribution in [3.8, 4) is 11.5 Å². The molecule has 0 unspecified atom stereocenters. The Morgan fingerprint density at radius 3 is 2.53 bits per heavy atom. The fraction of sp³-hybridized carbons (Fsp3) is 0.192. The Kier molecular flexibility index (Phi) is 4.58. The van der Waals surface area contributed by atoms with Crippen LogP contribution in [-0.4, -0.2) is 12.6 Å². The van der Waals surface area contributed by atoms with Crippen molar-refractivity contribution in [3.63, 3.8) is 0 Å². The van der Waals surface area contributed by atoms with Crippen LogP contribution in [0.5, 0.6) is 11.5 Å². The van der Waals surface area contributed by atoms with Crippen LogP contribution < -0.4 is 20.1 Å². The van der Waals surface area contributed by atoms with Crippen LogP contribution in [0.2, 0.25) is 5.02 Å². The quantitative estimate of drug-likeness (QED) is 0.504. The summed E-state index contributed by atoms with van der Waals surface area (Å²) in [7, 11) is 0. The summed E-state index contributed by atoms with van der Waals surface area (Å²) in [5.74, 6) is 1.58. The summed E-state index contributed by atoms with van der Waals surface area (Å²) in [6.45, 7) is 0.216. The third kappa shape index (κ3) is 3.21. The summed E-state index contributed by atoms with van der Waals surface area (Å²) in [6.07, 6.45) is 1.13. The van der Waals surface area contributed by atoms with Gasteiger partial charge in [-0.25, -0.2) is 0 Å². The largest absolute Gasteiger partial charge is 0.454 e. The van der Waals surface area contributed by atoms with Gasteiger partial charge in [0, 0.05) is 22.7 Å². The predicted octanol–water partition coefficient (Wildman–Crippen LogP) is 6.05. The van der Waals surface area contributed by atoms with Crippen molar-refractivity contribution < 1.29 is 14.3 Å². The van der Waals surface area contributed by atoms with Gasteiger partial charge >= 0.3 is 0 Å². The number of nitrogens with one attached hydrogen (secondary N) is 2. The smallest absolute Gasteiger partial charge is 0.231 e. The number of carbonyl (C=O) groups excluding carboxylic acids is 1. The minimum atomic E-state index is -0.296. The molecule has 6 rings (SSSR count). The molecule has 3 aromatic rings. The Morgan fingerprint density at radius 1 is 0.875 bits per heavy atom. The molecule has 2 heterocycles. The van der Waals surface area contributed by atoms with Crippen molar-refractivity contribution >= 4 is 28.8 Å². The van der Waals surface area contributed by atoms with Crippen LogP contribution in [0.1, 0.15) is 35.9 Å². The standard InChI is InChI=1S/C26H21ClN2O3/c27-18-6-2-1-5-17(18)16-11-21-25(22(30)12-16)26(29-20-8-4-3-7-19(20)28-21)15-9-10-23-24(13-15)32-14-31-23/h1-10,13,16,26,28-29H,11-12,14H2/t16-,26+/m1/s1. The van der Waals surface area contributed by atoms with Crippen LogP contribution in [0, 0.1) is 0 Å². The minimum absolute atomic E-state index is 0.0325. The highest BCUT2D eigenvalue weighted by atomic mass is 35.5. The number of carbonyl (C=O) groups is 1. The van der Waals surface area contributed by atoms with E-state index >= 15 is 0 Å². The van der Waals surface area contributed by atoms with Crippen molar-refractivity contribution in [2.24, 2.45) is 0 Å². The molecule has 3 aliphatic rings. The monoisotopic (exact) mass is 444 g/mol. The zero-order valence-electron chi connectivity index (χ0n) is 17.2. The molecule has 2 aliphatic heterocycles. The SMILES string of the molecule is O=C1C[C@H](c2ccccc2Cl)CC2=C1[C@H](c1ccc3c(c1)OCO3)Nc1ccccc1N2. The number of ether oxygens (including phenoxy) is 2. The van der Waals surface area contributed by atoms with Crippen LogP contribution in [0.15, 0.2) is 78.0 Å². The average molecular weight is 445 g/mol. The van der Waals surface area contributed by atoms with E-state index < -0.39 is 0 Å². The average Bonchev–Trinajstić information content (AvgIpc) is 3.20. The first-order chi connectivity index (χ1) is 15.7. The number of para-hydroxylation sites is 2. The van der Waals surface area contributed by atoms with E-state index in [0.717, 1.165) is 39.5 Å². The third-order valence-electron chi connectivity index (χ3n) is 6.38. The number of fused-ring (bicyclic) bond motifs is 2. The van der Waals surface area contributed by atoms with Gasteiger partial charge in [-0.2, -0.15) is 0 Å². The number of ketones is 1. The molecule has 2 N–H and O–H groups in total. The number of rotatable bonds is 2. The van der Waals surface area contributed by atoms with Gasteiger partial charge in [0.05, 0.1) is 17.4 Å². The Morgan fingerprint density at radius 2 is 1.66 bits per heavy atom. The first-order valence-electron chi connectivity index (χ1n) is 10.7. The maximum atomic E-state index is 13.6. The second-order valence-electron chi connectivity index (χ2n) is 8.30. The lowest BCUT2D eigenvalue weighted by Crippen LogP contribution is -2.27. The van der Waals surface area contributed by atoms with Gasteiger partial charge in [0.15, 0.2) is 17.3 Å². The van der Waals surface area contributed by atoms with E-state index in [4.69, 9.17) is 21.1 Å². The van der Waals surface area contributed by atoms with Gasteiger partial charge in [0.2, 0.25) is 6.79 Å². The highest BCUT2D eigenvalue weighted by molar-refractivity contribution is 6.31. The van der Waals surface area contributed by atoms with Gasteiger partial charge < -0.3 is 20.1 Å². The molecule has 6 heteroatoms. The van der Waals surface area contributed by atoms with E-state index in [1.54, 1.807) is 0 Å². The summed E-state index contributed by atoms with van der Waals surface area (Å²) in [4.78, 5) is 13.6. The van der Waals surface area contributed by atoms with Gasteiger partial charge in [-0.15, -0.1) is 0 Å². The molecule has 0 saturated carbocycles. The normalized spacial score (nSPS) is 21.2. The highest BCUT2D eigenvalue weighted by Gasteiger charge is 2.37. The molecule has 32 heavy (non-hydrogen) atoms. The summed E-state index contributed by atoms with van der Waals surface area (Å²) >= 11 is 6.49. The topological polar surface area (TPSA) is 59.6 Å². The van der Waals surface area contributed by atoms with Crippen LogP contribution in [0.3, 0.4) is 0 Å². The van der Waals surface area contributed by atoms with Gasteiger partial charge in [-0.05, 0) is 53.8 Å². The number of Topliss-reactive ketones (excluding diaryl/α,β-unsaturated/α-hetero) is 1. The first kappa shape index (κ1) is 19.3. The van der Waals surface area contributed by atoms with E-state index in [0.29, 0.717) is 23.6 Å². The van der Waals surface area contributed by atoms with E-state index in [1.807, 2.05) is 66.7 Å². The summed E-state index contributed by atoms with van der Waals surface area (Å²) in [5.41, 5.74) is 5.59. The number of hydrogen-bond acceptors (Lipinski definition) is 5. The Balaban J connectivity index is 1.47. The summed E-state index contributed by atoms with van der Waals surface area (Å²) in [5, 5.41) is 7.86. The molecular formula is C26H21ClN2O3. The third-order valence-corrected chi connectivity index (χ3v) is 6.73. The lowest BCUT2D eigenvalue weighted by atomic mass is 9.78. The minimum Gasteiger partial charge on any atom is -0.454 e. The maximum Gasteiger partial charge on any atom is 0.231 e. The second kappa shape index (κ2) is 7.61. The molecule has 0 saturated heterocycles. The van der Waals surface area contributed by atoms with Crippen LogP contribution in [0.25, 0.3) is 0 Å². The lowest BCUT2D eigenvalue weighted by molar-refractivity contribution is -0.116. The van der Waals surface area contributed by atoms with Gasteiger partial charge in [-0.1, -0.05) is 48.0 Å². The number of anilines is 2. The van der Waals surface area contributed by atoms with Crippen LogP contribution >= 0.6 is 11.6 Å². The molecule has 0 aromatic heterocycles. The van der Waals surface area contributed by atoms with Crippen molar-refractivity contribution in [2.75, 3.05) is 17.4 Å². The molecule has 160 valence electrons. The fourth-order valence-electron chi connectivity index (χ4n) is 4.86. The Hall–Kier alpha value is -3.44. The van der Waals surface area contributed by atoms with E-state index in [2.05, 4.69) is 10.6 Å². The van der Waals surface area contributed by atoms with Crippen molar-refractivity contribution in [1.29, 1.82) is 0 Å². The van der Waals surface area contributed by atoms with E-state index in [9.17, 15) is 4.79 Å². The lowest BCUT2D eigenvalue weighted by Gasteiger charge is -2.30. The van der Waals surface area contributed by atoms with Gasteiger partial charge in [0.1, 0.15) is 0 Å². The molecule has 0 spiro atoms. The van der Waals surface area contributed by atoms with Crippen LogP contribution in [-0.2, 0) is 4.79 Å². The van der Waals surface area contributed by atoms with Crippen LogP contribution in [0.4, 0.5) is 11.4 Å². The summed E-state index contributed by atoms with van der Waals surface area (Å²) in [6, 6.07) is 21.4. The maximum absolute atomic E-state index is 13.6. The molecular weight excluding hydrogens is 424 g/mol. The number of allylic oxidation sites excluding steroid dienone is 1. The number of hydrogen-bond donors (Lipinski definition) is 2. The summed E-state index contributed by atoms with van der Waals surface area (Å²) < 4.78 is 11.1. The number of benzene rings is 3. The fourth-order valence-corrected chi connectivity index (χ4v) is 5.15. The highest BCUT2D eigenvalue weighted by Crippen LogP contribution is 2.46. The molecule has 5 nitrogen and oxygen atoms in total. The molecule has 1 aliphatic carbocycles. The van der Waals surface area contributed by atoms with Gasteiger partial charge in [-0.3, -0.25) is 4.79 Å². The molecule has 0 fully saturated rings. The zero-order valence-corrected chi connectivity index (χ0v) is 18.0. The predicted molar refractivity (Wildman–Crippen MR) is 124 cm³/mol. The molecule has 0 bridgehead atoms. The molecule has 2 atom stereocenters. The van der Waals surface area contributed by atoms with Crippen molar-refractivity contribution in [3.05, 3.63) is 94.1 Å². The van der Waals surface area contributed by atoms with Gasteiger partial charge in [0.25, 0.3) is 0 Å². The van der Waals surface area contributed by atoms with E-state index in [-0.39, 0.29) is 24.5 Å². The first-order valence-corrected chi connectivity index (χ1v) is 11.1. The molecule has 0 amide bonds. The zero-order chi connectivity index (χ0) is 21.7. The van der Waals surface area contributed by atoms with Crippen molar-refractivity contribution in [1.82, 2.24) is 0 Å². The Labute approximate surface area is 191 Å². The second-order valence-corrected chi connectivity index (χ2v) is 8.71. The van der Waals surface area contributed by atoms with Crippen molar-refractivity contribution in [2.45, 2.75) is 24.8 Å².